The average Bonchev–Trinajstić information content (AvgIpc) is 2.41. The van der Waals surface area contributed by atoms with Crippen molar-refractivity contribution < 1.29 is 4.39 Å². The lowest BCUT2D eigenvalue weighted by Gasteiger charge is -2.14. The first-order valence-corrected chi connectivity index (χ1v) is 7.68. The van der Waals surface area contributed by atoms with Gasteiger partial charge in [-0.15, -0.1) is 0 Å². The molecule has 0 unspecified atom stereocenters. The Morgan fingerprint density at radius 1 is 1.29 bits per heavy atom. The van der Waals surface area contributed by atoms with E-state index < -0.39 is 0 Å². The second kappa shape index (κ2) is 6.54. The number of rotatable bonds is 4. The molecule has 0 aliphatic carbocycles. The number of benzene rings is 2. The molecular weight excluding hydrogens is 351 g/mol. The van der Waals surface area contributed by atoms with Crippen LogP contribution in [-0.2, 0) is 6.54 Å². The second-order valence-electron chi connectivity index (χ2n) is 4.92. The Labute approximate surface area is 137 Å². The quantitative estimate of drug-likeness (QED) is 0.784. The predicted molar refractivity (Wildman–Crippen MR) is 93.2 cm³/mol. The summed E-state index contributed by atoms with van der Waals surface area (Å²) in [6.45, 7) is 4.12. The van der Waals surface area contributed by atoms with Crippen LogP contribution in [0.15, 0.2) is 34.8 Å². The topological polar surface area (TPSA) is 38.0 Å². The van der Waals surface area contributed by atoms with Gasteiger partial charge >= 0.3 is 0 Å². The van der Waals surface area contributed by atoms with E-state index in [4.69, 9.17) is 18.0 Å². The number of aryl methyl sites for hydroxylation is 2. The smallest absolute Gasteiger partial charge is 0.129 e. The van der Waals surface area contributed by atoms with Gasteiger partial charge in [-0.3, -0.25) is 0 Å². The molecule has 0 saturated heterocycles. The minimum Gasteiger partial charge on any atom is -0.389 e. The summed E-state index contributed by atoms with van der Waals surface area (Å²) in [4.78, 5) is 0.330. The molecule has 21 heavy (non-hydrogen) atoms. The third-order valence-electron chi connectivity index (χ3n) is 3.24. The van der Waals surface area contributed by atoms with Gasteiger partial charge in [-0.05, 0) is 58.6 Å². The summed E-state index contributed by atoms with van der Waals surface area (Å²) in [5.74, 6) is -0.148. The Bertz CT molecular complexity index is 678. The van der Waals surface area contributed by atoms with Crippen molar-refractivity contribution in [3.05, 3.63) is 62.9 Å². The maximum atomic E-state index is 13.6. The van der Waals surface area contributed by atoms with Crippen LogP contribution in [0.5, 0.6) is 0 Å². The van der Waals surface area contributed by atoms with Crippen molar-refractivity contribution in [3.8, 4) is 0 Å². The van der Waals surface area contributed by atoms with E-state index >= 15 is 0 Å². The number of hydrogen-bond acceptors (Lipinski definition) is 2. The molecule has 2 nitrogen and oxygen atoms in total. The van der Waals surface area contributed by atoms with Crippen LogP contribution in [0, 0.1) is 19.7 Å². The van der Waals surface area contributed by atoms with Gasteiger partial charge in [0, 0.05) is 22.3 Å². The number of nitrogens with two attached hydrogens (primary N) is 1. The summed E-state index contributed by atoms with van der Waals surface area (Å²) in [5, 5.41) is 3.31. The van der Waals surface area contributed by atoms with E-state index in [1.807, 2.05) is 30.3 Å². The van der Waals surface area contributed by atoms with Crippen LogP contribution in [0.2, 0.25) is 0 Å². The van der Waals surface area contributed by atoms with E-state index in [2.05, 4.69) is 21.2 Å². The molecule has 5 heteroatoms. The zero-order valence-corrected chi connectivity index (χ0v) is 14.2. The van der Waals surface area contributed by atoms with Crippen molar-refractivity contribution in [1.29, 1.82) is 0 Å². The Morgan fingerprint density at radius 3 is 2.48 bits per heavy atom. The number of hydrogen-bond donors (Lipinski definition) is 2. The van der Waals surface area contributed by atoms with Gasteiger partial charge < -0.3 is 11.1 Å². The van der Waals surface area contributed by atoms with E-state index in [-0.39, 0.29) is 5.82 Å². The molecule has 2 aromatic carbocycles. The van der Waals surface area contributed by atoms with Crippen molar-refractivity contribution in [2.45, 2.75) is 20.4 Å². The average molecular weight is 367 g/mol. The molecule has 0 spiro atoms. The minimum absolute atomic E-state index is 0.148. The van der Waals surface area contributed by atoms with Crippen LogP contribution >= 0.6 is 28.1 Å². The van der Waals surface area contributed by atoms with E-state index in [1.54, 1.807) is 13.8 Å². The van der Waals surface area contributed by atoms with E-state index in [1.165, 1.54) is 0 Å². The largest absolute Gasteiger partial charge is 0.389 e. The fraction of sp³-hybridized carbons (Fsp3) is 0.188. The summed E-state index contributed by atoms with van der Waals surface area (Å²) >= 11 is 8.53. The molecule has 0 aromatic heterocycles. The van der Waals surface area contributed by atoms with Crippen molar-refractivity contribution in [2.75, 3.05) is 5.32 Å². The molecule has 0 heterocycles. The predicted octanol–water partition coefficient (Wildman–Crippen LogP) is 4.45. The summed E-state index contributed by atoms with van der Waals surface area (Å²) in [7, 11) is 0. The molecule has 3 N–H and O–H groups in total. The second-order valence-corrected chi connectivity index (χ2v) is 6.22. The molecule has 110 valence electrons. The van der Waals surface area contributed by atoms with Gasteiger partial charge in [-0.2, -0.15) is 0 Å². The Hall–Kier alpha value is -1.46. The molecule has 0 radical (unpaired) electrons. The lowest BCUT2D eigenvalue weighted by Crippen LogP contribution is -2.14. The standard InChI is InChI=1S/C16H16BrFN2S/c1-9-6-11(7-10(2)15(9)18)8-20-13-5-3-4-12(17)14(13)16(19)21/h3-7,20H,8H2,1-2H3,(H2,19,21). The highest BCUT2D eigenvalue weighted by molar-refractivity contribution is 9.10. The van der Waals surface area contributed by atoms with Crippen LogP contribution < -0.4 is 11.1 Å². The molecular formula is C16H16BrFN2S. The van der Waals surface area contributed by atoms with Crippen LogP contribution in [-0.4, -0.2) is 4.99 Å². The number of nitrogens with one attached hydrogen (secondary N) is 1. The van der Waals surface area contributed by atoms with Crippen LogP contribution in [0.4, 0.5) is 10.1 Å². The van der Waals surface area contributed by atoms with Crippen LogP contribution in [0.3, 0.4) is 0 Å². The normalized spacial score (nSPS) is 10.5. The minimum atomic E-state index is -0.148. The van der Waals surface area contributed by atoms with Crippen LogP contribution in [0.1, 0.15) is 22.3 Å². The molecule has 0 atom stereocenters. The van der Waals surface area contributed by atoms with Gasteiger partial charge in [0.15, 0.2) is 0 Å². The molecule has 0 amide bonds. The monoisotopic (exact) mass is 366 g/mol. The number of anilines is 1. The van der Waals surface area contributed by atoms with Crippen molar-refractivity contribution >= 4 is 38.8 Å². The van der Waals surface area contributed by atoms with E-state index in [0.717, 1.165) is 21.3 Å². The third kappa shape index (κ3) is 3.60. The van der Waals surface area contributed by atoms with Gasteiger partial charge in [0.05, 0.1) is 0 Å². The molecule has 2 rings (SSSR count). The maximum absolute atomic E-state index is 13.6. The zero-order chi connectivity index (χ0) is 15.6. The highest BCUT2D eigenvalue weighted by Crippen LogP contribution is 2.25. The van der Waals surface area contributed by atoms with E-state index in [9.17, 15) is 4.39 Å². The zero-order valence-electron chi connectivity index (χ0n) is 11.8. The van der Waals surface area contributed by atoms with Gasteiger partial charge in [-0.1, -0.05) is 30.4 Å². The van der Waals surface area contributed by atoms with Gasteiger partial charge in [0.2, 0.25) is 0 Å². The van der Waals surface area contributed by atoms with Gasteiger partial charge in [0.25, 0.3) is 0 Å². The number of halogens is 2. The highest BCUT2D eigenvalue weighted by atomic mass is 79.9. The Morgan fingerprint density at radius 2 is 1.90 bits per heavy atom. The lowest BCUT2D eigenvalue weighted by molar-refractivity contribution is 0.608. The number of thiocarbonyl (C=S) groups is 1. The molecule has 0 bridgehead atoms. The Kier molecular flexibility index (Phi) is 4.96. The third-order valence-corrected chi connectivity index (χ3v) is 4.10. The fourth-order valence-corrected chi connectivity index (χ4v) is 3.19. The molecule has 0 saturated carbocycles. The maximum Gasteiger partial charge on any atom is 0.129 e. The van der Waals surface area contributed by atoms with Crippen LogP contribution in [0.25, 0.3) is 0 Å². The van der Waals surface area contributed by atoms with E-state index in [0.29, 0.717) is 22.7 Å². The summed E-state index contributed by atoms with van der Waals surface area (Å²) in [5.41, 5.74) is 9.71. The van der Waals surface area contributed by atoms with Crippen molar-refractivity contribution in [1.82, 2.24) is 0 Å². The first kappa shape index (κ1) is 15.9. The summed E-state index contributed by atoms with van der Waals surface area (Å²) in [6.07, 6.45) is 0. The molecule has 0 fully saturated rings. The molecule has 2 aromatic rings. The lowest BCUT2D eigenvalue weighted by atomic mass is 10.1. The molecule has 0 aliphatic heterocycles. The van der Waals surface area contributed by atoms with Crippen molar-refractivity contribution in [2.24, 2.45) is 5.73 Å². The first-order chi connectivity index (χ1) is 9.90. The summed E-state index contributed by atoms with van der Waals surface area (Å²) < 4.78 is 14.5. The SMILES string of the molecule is Cc1cc(CNc2cccc(Br)c2C(N)=S)cc(C)c1F. The molecule has 0 aliphatic rings. The van der Waals surface area contributed by atoms with Gasteiger partial charge in [0.1, 0.15) is 10.8 Å². The van der Waals surface area contributed by atoms with Crippen molar-refractivity contribution in [3.63, 3.8) is 0 Å². The van der Waals surface area contributed by atoms with Gasteiger partial charge in [-0.25, -0.2) is 4.39 Å². The highest BCUT2D eigenvalue weighted by Gasteiger charge is 2.10. The Balaban J connectivity index is 2.25. The fourth-order valence-electron chi connectivity index (χ4n) is 2.26. The first-order valence-electron chi connectivity index (χ1n) is 6.48. The summed E-state index contributed by atoms with van der Waals surface area (Å²) in [6, 6.07) is 9.41.